The standard InChI is InChI=1S/C22H22ClNO2S/c1-3-27-20-8-9-22(21(23)14-20)26-19-7-6-17-12-16(4-5-18(17)13-19)10-11-24-15(2)25/h4-9,12-14H,3,10-11H2,1-2H3,(H,24,25). The molecule has 3 aromatic rings. The molecule has 5 heteroatoms. The number of rotatable bonds is 7. The minimum absolute atomic E-state index is 0.00226. The number of halogens is 1. The molecule has 0 aliphatic rings. The number of hydrogen-bond acceptors (Lipinski definition) is 3. The molecule has 0 aromatic heterocycles. The Morgan fingerprint density at radius 2 is 1.85 bits per heavy atom. The van der Waals surface area contributed by atoms with E-state index in [9.17, 15) is 4.79 Å². The molecule has 0 saturated heterocycles. The number of amides is 1. The van der Waals surface area contributed by atoms with Crippen molar-refractivity contribution in [2.24, 2.45) is 0 Å². The highest BCUT2D eigenvalue weighted by molar-refractivity contribution is 7.99. The van der Waals surface area contributed by atoms with Gasteiger partial charge in [-0.1, -0.05) is 42.8 Å². The van der Waals surface area contributed by atoms with Crippen molar-refractivity contribution in [1.29, 1.82) is 0 Å². The van der Waals surface area contributed by atoms with Crippen molar-refractivity contribution in [3.8, 4) is 11.5 Å². The Morgan fingerprint density at radius 1 is 1.07 bits per heavy atom. The van der Waals surface area contributed by atoms with E-state index in [2.05, 4.69) is 30.4 Å². The molecule has 0 fully saturated rings. The van der Waals surface area contributed by atoms with Gasteiger partial charge in [0.25, 0.3) is 0 Å². The summed E-state index contributed by atoms with van der Waals surface area (Å²) in [5, 5.41) is 5.68. The number of benzene rings is 3. The van der Waals surface area contributed by atoms with E-state index in [4.69, 9.17) is 16.3 Å². The van der Waals surface area contributed by atoms with Crippen molar-refractivity contribution in [3.05, 3.63) is 65.2 Å². The van der Waals surface area contributed by atoms with Crippen LogP contribution in [0.15, 0.2) is 59.5 Å². The van der Waals surface area contributed by atoms with Crippen LogP contribution in [0.3, 0.4) is 0 Å². The van der Waals surface area contributed by atoms with Gasteiger partial charge in [-0.25, -0.2) is 0 Å². The van der Waals surface area contributed by atoms with E-state index in [1.807, 2.05) is 36.4 Å². The molecule has 0 bridgehead atoms. The molecule has 0 unspecified atom stereocenters. The summed E-state index contributed by atoms with van der Waals surface area (Å²) in [7, 11) is 0. The van der Waals surface area contributed by atoms with Crippen LogP contribution >= 0.6 is 23.4 Å². The maximum atomic E-state index is 11.0. The van der Waals surface area contributed by atoms with E-state index in [-0.39, 0.29) is 5.91 Å². The van der Waals surface area contributed by atoms with Crippen molar-refractivity contribution in [2.75, 3.05) is 12.3 Å². The third-order valence-electron chi connectivity index (χ3n) is 4.11. The van der Waals surface area contributed by atoms with Gasteiger partial charge in [0.2, 0.25) is 5.91 Å². The molecular weight excluding hydrogens is 378 g/mol. The highest BCUT2D eigenvalue weighted by atomic mass is 35.5. The lowest BCUT2D eigenvalue weighted by molar-refractivity contribution is -0.118. The Labute approximate surface area is 169 Å². The third kappa shape index (κ3) is 5.41. The van der Waals surface area contributed by atoms with Gasteiger partial charge in [-0.05, 0) is 58.8 Å². The van der Waals surface area contributed by atoms with E-state index < -0.39 is 0 Å². The van der Waals surface area contributed by atoms with Crippen molar-refractivity contribution < 1.29 is 9.53 Å². The van der Waals surface area contributed by atoms with Gasteiger partial charge in [0.05, 0.1) is 5.02 Å². The van der Waals surface area contributed by atoms with Gasteiger partial charge < -0.3 is 10.1 Å². The smallest absolute Gasteiger partial charge is 0.216 e. The fourth-order valence-electron chi connectivity index (χ4n) is 2.82. The van der Waals surface area contributed by atoms with Crippen molar-refractivity contribution in [1.82, 2.24) is 5.32 Å². The SMILES string of the molecule is CCSc1ccc(Oc2ccc3cc(CCNC(C)=O)ccc3c2)c(Cl)c1. The minimum atomic E-state index is -0.00226. The predicted octanol–water partition coefficient (Wildman–Crippen LogP) is 6.08. The molecule has 0 atom stereocenters. The Bertz CT molecular complexity index is 958. The van der Waals surface area contributed by atoms with Gasteiger partial charge in [0.1, 0.15) is 11.5 Å². The van der Waals surface area contributed by atoms with Crippen molar-refractivity contribution >= 4 is 40.0 Å². The van der Waals surface area contributed by atoms with Crippen LogP contribution in [-0.4, -0.2) is 18.2 Å². The summed E-state index contributed by atoms with van der Waals surface area (Å²) in [6.45, 7) is 4.29. The summed E-state index contributed by atoms with van der Waals surface area (Å²) < 4.78 is 5.98. The molecule has 0 spiro atoms. The average Bonchev–Trinajstić information content (AvgIpc) is 2.64. The number of carbonyl (C=O) groups is 1. The second-order valence-corrected chi connectivity index (χ2v) is 7.95. The normalized spacial score (nSPS) is 10.8. The van der Waals surface area contributed by atoms with Crippen LogP contribution < -0.4 is 10.1 Å². The molecule has 3 rings (SSSR count). The first-order valence-electron chi connectivity index (χ1n) is 8.92. The van der Waals surface area contributed by atoms with Crippen LogP contribution in [0.1, 0.15) is 19.4 Å². The number of nitrogens with one attached hydrogen (secondary N) is 1. The predicted molar refractivity (Wildman–Crippen MR) is 114 cm³/mol. The first-order valence-corrected chi connectivity index (χ1v) is 10.3. The Balaban J connectivity index is 1.74. The third-order valence-corrected chi connectivity index (χ3v) is 5.28. The molecule has 0 aliphatic carbocycles. The summed E-state index contributed by atoms with van der Waals surface area (Å²) in [6, 6.07) is 18.2. The van der Waals surface area contributed by atoms with Crippen LogP contribution in [0, 0.1) is 0 Å². The lowest BCUT2D eigenvalue weighted by atomic mass is 10.0. The van der Waals surface area contributed by atoms with Gasteiger partial charge in [0.15, 0.2) is 0 Å². The quantitative estimate of drug-likeness (QED) is 0.489. The van der Waals surface area contributed by atoms with Crippen molar-refractivity contribution in [3.63, 3.8) is 0 Å². The molecular formula is C22H22ClNO2S. The number of hydrogen-bond donors (Lipinski definition) is 1. The van der Waals surface area contributed by atoms with Gasteiger partial charge >= 0.3 is 0 Å². The Morgan fingerprint density at radius 3 is 2.59 bits per heavy atom. The van der Waals surface area contributed by atoms with Crippen LogP contribution in [0.5, 0.6) is 11.5 Å². The Kier molecular flexibility index (Phi) is 6.64. The molecule has 3 nitrogen and oxygen atoms in total. The maximum absolute atomic E-state index is 11.0. The Hall–Kier alpha value is -2.17. The summed E-state index contributed by atoms with van der Waals surface area (Å²) in [5.41, 5.74) is 1.19. The molecule has 0 radical (unpaired) electrons. The highest BCUT2D eigenvalue weighted by Crippen LogP contribution is 2.34. The van der Waals surface area contributed by atoms with E-state index in [0.29, 0.717) is 17.3 Å². The molecule has 0 aliphatic heterocycles. The number of fused-ring (bicyclic) bond motifs is 1. The maximum Gasteiger partial charge on any atom is 0.216 e. The minimum Gasteiger partial charge on any atom is -0.456 e. The van der Waals surface area contributed by atoms with Crippen LogP contribution in [0.2, 0.25) is 5.02 Å². The molecule has 0 heterocycles. The average molecular weight is 400 g/mol. The fraction of sp³-hybridized carbons (Fsp3) is 0.227. The summed E-state index contributed by atoms with van der Waals surface area (Å²) >= 11 is 8.11. The first kappa shape index (κ1) is 19.6. The fourth-order valence-corrected chi connectivity index (χ4v) is 3.81. The van der Waals surface area contributed by atoms with Crippen LogP contribution in [0.4, 0.5) is 0 Å². The number of carbonyl (C=O) groups excluding carboxylic acids is 1. The molecule has 140 valence electrons. The van der Waals surface area contributed by atoms with Gasteiger partial charge in [-0.3, -0.25) is 4.79 Å². The second kappa shape index (κ2) is 9.16. The zero-order valence-corrected chi connectivity index (χ0v) is 17.0. The molecule has 0 saturated carbocycles. The van der Waals surface area contributed by atoms with Crippen molar-refractivity contribution in [2.45, 2.75) is 25.2 Å². The van der Waals surface area contributed by atoms with E-state index >= 15 is 0 Å². The van der Waals surface area contributed by atoms with Gasteiger partial charge in [-0.2, -0.15) is 0 Å². The monoisotopic (exact) mass is 399 g/mol. The summed E-state index contributed by atoms with van der Waals surface area (Å²) in [5.74, 6) is 2.42. The highest BCUT2D eigenvalue weighted by Gasteiger charge is 2.06. The molecule has 1 N–H and O–H groups in total. The second-order valence-electron chi connectivity index (χ2n) is 6.20. The lowest BCUT2D eigenvalue weighted by Gasteiger charge is -2.10. The van der Waals surface area contributed by atoms with E-state index in [1.165, 1.54) is 12.5 Å². The first-order chi connectivity index (χ1) is 13.0. The topological polar surface area (TPSA) is 38.3 Å². The lowest BCUT2D eigenvalue weighted by Crippen LogP contribution is -2.22. The van der Waals surface area contributed by atoms with Crippen LogP contribution in [-0.2, 0) is 11.2 Å². The molecule has 1 amide bonds. The van der Waals surface area contributed by atoms with Crippen LogP contribution in [0.25, 0.3) is 10.8 Å². The summed E-state index contributed by atoms with van der Waals surface area (Å²) in [6.07, 6.45) is 0.811. The number of thioether (sulfide) groups is 1. The number of ether oxygens (including phenoxy) is 1. The zero-order chi connectivity index (χ0) is 19.2. The van der Waals surface area contributed by atoms with Gasteiger partial charge in [0, 0.05) is 18.4 Å². The molecule has 3 aromatic carbocycles. The molecule has 27 heavy (non-hydrogen) atoms. The largest absolute Gasteiger partial charge is 0.456 e. The summed E-state index contributed by atoms with van der Waals surface area (Å²) in [4.78, 5) is 12.1. The van der Waals surface area contributed by atoms with E-state index in [0.717, 1.165) is 33.6 Å². The van der Waals surface area contributed by atoms with Gasteiger partial charge in [-0.15, -0.1) is 11.8 Å². The zero-order valence-electron chi connectivity index (χ0n) is 15.4. The van der Waals surface area contributed by atoms with E-state index in [1.54, 1.807) is 11.8 Å².